The Morgan fingerprint density at radius 3 is 2.78 bits per heavy atom. The molecular weight excluding hydrogens is 230 g/mol. The quantitative estimate of drug-likeness (QED) is 0.753. The zero-order valence-electron chi connectivity index (χ0n) is 10.9. The van der Waals surface area contributed by atoms with Gasteiger partial charge in [-0.2, -0.15) is 0 Å². The van der Waals surface area contributed by atoms with E-state index in [-0.39, 0.29) is 11.7 Å². The van der Waals surface area contributed by atoms with Gasteiger partial charge in [0.05, 0.1) is 18.8 Å². The van der Waals surface area contributed by atoms with Crippen LogP contribution in [0.1, 0.15) is 13.8 Å². The van der Waals surface area contributed by atoms with E-state index in [1.54, 1.807) is 0 Å². The van der Waals surface area contributed by atoms with Crippen LogP contribution >= 0.6 is 0 Å². The highest BCUT2D eigenvalue weighted by atomic mass is 16.5. The molecule has 1 fully saturated rings. The molecule has 1 heterocycles. The van der Waals surface area contributed by atoms with Crippen LogP contribution in [0, 0.1) is 5.92 Å². The third kappa shape index (κ3) is 2.56. The van der Waals surface area contributed by atoms with Gasteiger partial charge in [-0.1, -0.05) is 13.0 Å². The maximum absolute atomic E-state index is 11.1. The van der Waals surface area contributed by atoms with Crippen LogP contribution in [0.3, 0.4) is 0 Å². The van der Waals surface area contributed by atoms with E-state index >= 15 is 0 Å². The Morgan fingerprint density at radius 1 is 1.50 bits per heavy atom. The zero-order valence-corrected chi connectivity index (χ0v) is 10.9. The van der Waals surface area contributed by atoms with E-state index in [2.05, 4.69) is 4.90 Å². The Labute approximate surface area is 107 Å². The molecule has 0 bridgehead atoms. The highest BCUT2D eigenvalue weighted by Crippen LogP contribution is 2.31. The van der Waals surface area contributed by atoms with Crippen LogP contribution in [0.25, 0.3) is 0 Å². The molecule has 18 heavy (non-hydrogen) atoms. The van der Waals surface area contributed by atoms with Crippen molar-refractivity contribution >= 4 is 5.94 Å². The molecule has 1 aliphatic heterocycles. The molecule has 0 aromatic carbocycles. The van der Waals surface area contributed by atoms with Crippen molar-refractivity contribution in [2.24, 2.45) is 5.92 Å². The molecule has 2 aliphatic rings. The second-order valence-electron chi connectivity index (χ2n) is 4.86. The minimum atomic E-state index is -0.247. The van der Waals surface area contributed by atoms with Crippen LogP contribution in [-0.2, 0) is 9.53 Å². The molecule has 1 unspecified atom stereocenters. The van der Waals surface area contributed by atoms with E-state index in [9.17, 15) is 9.90 Å². The van der Waals surface area contributed by atoms with E-state index in [0.29, 0.717) is 5.57 Å². The van der Waals surface area contributed by atoms with Crippen molar-refractivity contribution in [3.8, 4) is 0 Å². The van der Waals surface area contributed by atoms with Gasteiger partial charge < -0.3 is 9.84 Å². The summed E-state index contributed by atoms with van der Waals surface area (Å²) in [6, 6.07) is 0. The molecular formula is C14H19NO3. The standard InChI is InChI=1S/C14H19NO3/c1-10-7-12(8-15-3-5-18-6-4-15)13(9-16)11(2)14(10)17/h7,11,17H,3-6,8H2,1-2H3. The topological polar surface area (TPSA) is 49.8 Å². The summed E-state index contributed by atoms with van der Waals surface area (Å²) >= 11 is 0. The van der Waals surface area contributed by atoms with Crippen molar-refractivity contribution in [3.05, 3.63) is 28.6 Å². The van der Waals surface area contributed by atoms with Gasteiger partial charge in [0.1, 0.15) is 11.7 Å². The molecule has 0 spiro atoms. The first-order valence-electron chi connectivity index (χ1n) is 6.29. The molecule has 0 amide bonds. The van der Waals surface area contributed by atoms with Gasteiger partial charge in [-0.25, -0.2) is 4.79 Å². The molecule has 2 rings (SSSR count). The van der Waals surface area contributed by atoms with Gasteiger partial charge in [0.15, 0.2) is 0 Å². The summed E-state index contributed by atoms with van der Waals surface area (Å²) in [6.07, 6.45) is 1.89. The molecule has 1 saturated heterocycles. The van der Waals surface area contributed by atoms with Crippen molar-refractivity contribution in [2.75, 3.05) is 32.8 Å². The Morgan fingerprint density at radius 2 is 2.17 bits per heavy atom. The predicted octanol–water partition coefficient (Wildman–Crippen LogP) is 1.48. The van der Waals surface area contributed by atoms with Gasteiger partial charge in [-0.3, -0.25) is 4.90 Å². The molecule has 1 aliphatic carbocycles. The molecule has 4 heteroatoms. The fourth-order valence-electron chi connectivity index (χ4n) is 2.45. The number of ether oxygens (including phenoxy) is 1. The molecule has 98 valence electrons. The summed E-state index contributed by atoms with van der Waals surface area (Å²) in [5.74, 6) is 2.02. The Balaban J connectivity index is 2.19. The lowest BCUT2D eigenvalue weighted by atomic mass is 9.85. The maximum atomic E-state index is 11.1. The van der Waals surface area contributed by atoms with E-state index in [4.69, 9.17) is 4.74 Å². The minimum absolute atomic E-state index is 0.247. The summed E-state index contributed by atoms with van der Waals surface area (Å²) in [6.45, 7) is 7.67. The number of hydrogen-bond donors (Lipinski definition) is 1. The summed E-state index contributed by atoms with van der Waals surface area (Å²) in [4.78, 5) is 13.4. The maximum Gasteiger partial charge on any atom is 0.129 e. The van der Waals surface area contributed by atoms with Crippen molar-refractivity contribution < 1.29 is 14.6 Å². The SMILES string of the molecule is CC1=C(O)C(C)C(=C=O)C(CN2CCOCC2)=C1. The van der Waals surface area contributed by atoms with Gasteiger partial charge in [-0.05, 0) is 18.1 Å². The molecule has 4 nitrogen and oxygen atoms in total. The minimum Gasteiger partial charge on any atom is -0.511 e. The fraction of sp³-hybridized carbons (Fsp3) is 0.571. The number of morpholine rings is 1. The molecule has 0 saturated carbocycles. The van der Waals surface area contributed by atoms with Crippen LogP contribution in [0.4, 0.5) is 0 Å². The van der Waals surface area contributed by atoms with E-state index in [1.807, 2.05) is 25.9 Å². The van der Waals surface area contributed by atoms with Gasteiger partial charge >= 0.3 is 0 Å². The fourth-order valence-corrected chi connectivity index (χ4v) is 2.45. The van der Waals surface area contributed by atoms with Gasteiger partial charge in [0, 0.05) is 25.6 Å². The number of hydrogen-bond acceptors (Lipinski definition) is 4. The van der Waals surface area contributed by atoms with E-state index in [0.717, 1.165) is 44.0 Å². The first-order chi connectivity index (χ1) is 8.63. The van der Waals surface area contributed by atoms with Crippen LogP contribution in [0.5, 0.6) is 0 Å². The average Bonchev–Trinajstić information content (AvgIpc) is 2.38. The van der Waals surface area contributed by atoms with Crippen molar-refractivity contribution in [1.29, 1.82) is 0 Å². The van der Waals surface area contributed by atoms with Gasteiger partial charge in [0.2, 0.25) is 0 Å². The number of nitrogens with zero attached hydrogens (tertiary/aromatic N) is 1. The molecule has 0 aromatic rings. The monoisotopic (exact) mass is 249 g/mol. The largest absolute Gasteiger partial charge is 0.511 e. The smallest absolute Gasteiger partial charge is 0.129 e. The van der Waals surface area contributed by atoms with Crippen LogP contribution in [-0.4, -0.2) is 48.8 Å². The van der Waals surface area contributed by atoms with Crippen molar-refractivity contribution in [2.45, 2.75) is 13.8 Å². The number of aliphatic hydroxyl groups excluding tert-OH is 1. The second kappa shape index (κ2) is 5.53. The normalized spacial score (nSPS) is 26.0. The number of carbonyl (C=O) groups excluding carboxylic acids is 1. The van der Waals surface area contributed by atoms with E-state index < -0.39 is 0 Å². The third-order valence-electron chi connectivity index (χ3n) is 3.59. The first kappa shape index (κ1) is 13.1. The summed E-state index contributed by atoms with van der Waals surface area (Å²) in [5, 5.41) is 9.87. The summed E-state index contributed by atoms with van der Waals surface area (Å²) < 4.78 is 5.31. The van der Waals surface area contributed by atoms with Crippen LogP contribution < -0.4 is 0 Å². The van der Waals surface area contributed by atoms with Gasteiger partial charge in [-0.15, -0.1) is 0 Å². The number of aliphatic hydroxyl groups is 1. The highest BCUT2D eigenvalue weighted by molar-refractivity contribution is 5.66. The number of rotatable bonds is 2. The lowest BCUT2D eigenvalue weighted by Gasteiger charge is -2.30. The number of allylic oxidation sites excluding steroid dienone is 3. The Hall–Kier alpha value is -1.35. The molecule has 1 N–H and O–H groups in total. The molecule has 0 aromatic heterocycles. The lowest BCUT2D eigenvalue weighted by molar-refractivity contribution is 0.0423. The Kier molecular flexibility index (Phi) is 4.02. The summed E-state index contributed by atoms with van der Waals surface area (Å²) in [5.41, 5.74) is 2.38. The third-order valence-corrected chi connectivity index (χ3v) is 3.59. The van der Waals surface area contributed by atoms with Crippen molar-refractivity contribution in [1.82, 2.24) is 4.90 Å². The first-order valence-corrected chi connectivity index (χ1v) is 6.29. The lowest BCUT2D eigenvalue weighted by Crippen LogP contribution is -2.38. The summed E-state index contributed by atoms with van der Waals surface area (Å²) in [7, 11) is 0. The average molecular weight is 249 g/mol. The van der Waals surface area contributed by atoms with E-state index in [1.165, 1.54) is 0 Å². The predicted molar refractivity (Wildman–Crippen MR) is 69.0 cm³/mol. The second-order valence-corrected chi connectivity index (χ2v) is 4.86. The van der Waals surface area contributed by atoms with Crippen LogP contribution in [0.15, 0.2) is 28.6 Å². The zero-order chi connectivity index (χ0) is 13.1. The highest BCUT2D eigenvalue weighted by Gasteiger charge is 2.26. The van der Waals surface area contributed by atoms with Crippen molar-refractivity contribution in [3.63, 3.8) is 0 Å². The van der Waals surface area contributed by atoms with Crippen LogP contribution in [0.2, 0.25) is 0 Å². The molecule has 0 radical (unpaired) electrons. The molecule has 1 atom stereocenters. The van der Waals surface area contributed by atoms with Gasteiger partial charge in [0.25, 0.3) is 0 Å². The Bertz CT molecular complexity index is 438.